The van der Waals surface area contributed by atoms with E-state index in [1.54, 1.807) is 50.2 Å². The maximum atomic E-state index is 13.1. The molecule has 0 saturated heterocycles. The van der Waals surface area contributed by atoms with Crippen LogP contribution in [0.1, 0.15) is 63.9 Å². The second-order valence-corrected chi connectivity index (χ2v) is 11.3. The van der Waals surface area contributed by atoms with Crippen molar-refractivity contribution in [2.75, 3.05) is 33.3 Å². The zero-order valence-electron chi connectivity index (χ0n) is 25.6. The van der Waals surface area contributed by atoms with Crippen LogP contribution in [0.15, 0.2) is 41.5 Å². The summed E-state index contributed by atoms with van der Waals surface area (Å²) < 4.78 is 27.0. The van der Waals surface area contributed by atoms with Crippen LogP contribution in [-0.4, -0.2) is 58.0 Å². The molecule has 2 amide bonds. The van der Waals surface area contributed by atoms with Gasteiger partial charge >= 0.3 is 5.97 Å². The normalized spacial score (nSPS) is 14.7. The second-order valence-electron chi connectivity index (χ2n) is 10.2. The van der Waals surface area contributed by atoms with Crippen molar-refractivity contribution < 1.29 is 38.1 Å². The van der Waals surface area contributed by atoms with Crippen molar-refractivity contribution in [3.63, 3.8) is 0 Å². The highest BCUT2D eigenvalue weighted by molar-refractivity contribution is 7.17. The number of methoxy groups -OCH3 is 3. The molecule has 1 aromatic heterocycles. The minimum absolute atomic E-state index is 0.255. The number of esters is 1. The van der Waals surface area contributed by atoms with Gasteiger partial charge in [-0.25, -0.2) is 10.2 Å². The minimum atomic E-state index is -0.876. The number of amides is 2. The number of hydrogen-bond donors (Lipinski definition) is 2. The van der Waals surface area contributed by atoms with Crippen molar-refractivity contribution in [1.29, 1.82) is 0 Å². The average Bonchev–Trinajstić information content (AvgIpc) is 3.37. The first-order valence-corrected chi connectivity index (χ1v) is 15.0. The number of hydrogen-bond acceptors (Lipinski definition) is 10. The van der Waals surface area contributed by atoms with E-state index in [4.69, 9.17) is 23.7 Å². The van der Waals surface area contributed by atoms with Crippen LogP contribution in [-0.2, 0) is 22.4 Å². The van der Waals surface area contributed by atoms with Gasteiger partial charge < -0.3 is 29.0 Å². The average molecular weight is 624 g/mol. The van der Waals surface area contributed by atoms with E-state index in [2.05, 4.69) is 22.8 Å². The molecule has 0 spiro atoms. The molecular weight excluding hydrogens is 586 g/mol. The summed E-state index contributed by atoms with van der Waals surface area (Å²) in [7, 11) is 4.53. The van der Waals surface area contributed by atoms with Gasteiger partial charge in [0.1, 0.15) is 10.8 Å². The first-order valence-electron chi connectivity index (χ1n) is 14.2. The molecule has 0 radical (unpaired) electrons. The molecule has 1 aliphatic rings. The van der Waals surface area contributed by atoms with Gasteiger partial charge in [-0.15, -0.1) is 11.3 Å². The van der Waals surface area contributed by atoms with Crippen molar-refractivity contribution in [1.82, 2.24) is 5.43 Å². The Morgan fingerprint density at radius 3 is 2.36 bits per heavy atom. The van der Waals surface area contributed by atoms with Crippen molar-refractivity contribution in [2.45, 2.75) is 46.1 Å². The molecule has 11 nitrogen and oxygen atoms in total. The molecular formula is C32H37N3O8S. The van der Waals surface area contributed by atoms with E-state index < -0.39 is 18.0 Å². The SMILES string of the molecule is CCOC(=O)c1c(NC(=O)c2ccc(O[C@H](C)C(=O)N/N=C\c3cc(OC)c(OC)c(OC)c3)cc2)sc2c1CC[C@H](C)C2. The summed E-state index contributed by atoms with van der Waals surface area (Å²) in [6, 6.07) is 9.78. The molecule has 3 aromatic rings. The molecule has 44 heavy (non-hydrogen) atoms. The monoisotopic (exact) mass is 623 g/mol. The lowest BCUT2D eigenvalue weighted by atomic mass is 9.88. The molecule has 2 atom stereocenters. The summed E-state index contributed by atoms with van der Waals surface area (Å²) in [5.41, 5.74) is 4.88. The Morgan fingerprint density at radius 2 is 1.75 bits per heavy atom. The number of rotatable bonds is 12. The summed E-state index contributed by atoms with van der Waals surface area (Å²) in [5, 5.41) is 7.42. The lowest BCUT2D eigenvalue weighted by molar-refractivity contribution is -0.127. The lowest BCUT2D eigenvalue weighted by Gasteiger charge is -2.18. The minimum Gasteiger partial charge on any atom is -0.493 e. The second kappa shape index (κ2) is 14.7. The highest BCUT2D eigenvalue weighted by atomic mass is 32.1. The smallest absolute Gasteiger partial charge is 0.341 e. The molecule has 2 N–H and O–H groups in total. The quantitative estimate of drug-likeness (QED) is 0.159. The predicted molar refractivity (Wildman–Crippen MR) is 168 cm³/mol. The van der Waals surface area contributed by atoms with E-state index in [0.717, 1.165) is 29.7 Å². The zero-order valence-corrected chi connectivity index (χ0v) is 26.5. The van der Waals surface area contributed by atoms with E-state index in [0.29, 0.717) is 50.6 Å². The Morgan fingerprint density at radius 1 is 1.07 bits per heavy atom. The van der Waals surface area contributed by atoms with E-state index in [-0.39, 0.29) is 12.5 Å². The Hall–Kier alpha value is -4.58. The molecule has 234 valence electrons. The zero-order chi connectivity index (χ0) is 31.8. The van der Waals surface area contributed by atoms with Crippen molar-refractivity contribution in [2.24, 2.45) is 11.0 Å². The molecule has 0 aliphatic heterocycles. The van der Waals surface area contributed by atoms with Gasteiger partial charge in [0.05, 0.1) is 39.7 Å². The van der Waals surface area contributed by atoms with E-state index >= 15 is 0 Å². The number of nitrogens with one attached hydrogen (secondary N) is 2. The van der Waals surface area contributed by atoms with E-state index in [1.807, 2.05) is 0 Å². The number of ether oxygens (including phenoxy) is 5. The number of carbonyl (C=O) groups excluding carboxylic acids is 3. The Bertz CT molecular complexity index is 1510. The predicted octanol–water partition coefficient (Wildman–Crippen LogP) is 5.25. The third kappa shape index (κ3) is 7.49. The van der Waals surface area contributed by atoms with Gasteiger partial charge in [0.25, 0.3) is 11.8 Å². The number of benzene rings is 2. The fourth-order valence-electron chi connectivity index (χ4n) is 4.81. The first kappa shape index (κ1) is 32.3. The number of nitrogens with zero attached hydrogens (tertiary/aromatic N) is 1. The van der Waals surface area contributed by atoms with Gasteiger partial charge in [-0.1, -0.05) is 6.92 Å². The maximum absolute atomic E-state index is 13.1. The van der Waals surface area contributed by atoms with Crippen molar-refractivity contribution in [3.05, 3.63) is 63.5 Å². The van der Waals surface area contributed by atoms with Crippen LogP contribution in [0, 0.1) is 5.92 Å². The number of hydrazone groups is 1. The molecule has 0 fully saturated rings. The molecule has 1 aliphatic carbocycles. The number of carbonyl (C=O) groups is 3. The highest BCUT2D eigenvalue weighted by Crippen LogP contribution is 2.40. The van der Waals surface area contributed by atoms with E-state index in [9.17, 15) is 14.4 Å². The van der Waals surface area contributed by atoms with E-state index in [1.165, 1.54) is 38.9 Å². The molecule has 0 saturated carbocycles. The molecule has 0 bridgehead atoms. The number of fused-ring (bicyclic) bond motifs is 1. The summed E-state index contributed by atoms with van der Waals surface area (Å²) in [5.74, 6) is 1.02. The standard InChI is InChI=1S/C32H37N3O8S/c1-7-42-32(38)27-23-13-8-18(2)14-26(23)44-31(27)34-30(37)21-9-11-22(12-10-21)43-19(3)29(36)35-33-17-20-15-24(39-4)28(41-6)25(16-20)40-5/h9-12,15-19H,7-8,13-14H2,1-6H3,(H,34,37)(H,35,36)/b33-17-/t18-,19+/m0/s1. The molecule has 4 rings (SSSR count). The fraction of sp³-hybridized carbons (Fsp3) is 0.375. The van der Waals surface area contributed by atoms with Gasteiger partial charge in [-0.2, -0.15) is 5.10 Å². The first-order chi connectivity index (χ1) is 21.2. The Balaban J connectivity index is 1.37. The van der Waals surface area contributed by atoms with Gasteiger partial charge in [0.2, 0.25) is 5.75 Å². The summed E-state index contributed by atoms with van der Waals surface area (Å²) in [6.07, 6.45) is 3.21. The molecule has 12 heteroatoms. The van der Waals surface area contributed by atoms with Crippen LogP contribution in [0.4, 0.5) is 5.00 Å². The van der Waals surface area contributed by atoms with Crippen LogP contribution in [0.2, 0.25) is 0 Å². The maximum Gasteiger partial charge on any atom is 0.341 e. The number of thiophene rings is 1. The topological polar surface area (TPSA) is 134 Å². The van der Waals surface area contributed by atoms with Gasteiger partial charge in [-0.05, 0) is 81.0 Å². The largest absolute Gasteiger partial charge is 0.493 e. The third-order valence-electron chi connectivity index (χ3n) is 7.09. The Kier molecular flexibility index (Phi) is 10.8. The highest BCUT2D eigenvalue weighted by Gasteiger charge is 2.29. The van der Waals surface area contributed by atoms with Crippen LogP contribution in [0.25, 0.3) is 0 Å². The van der Waals surface area contributed by atoms with Crippen LogP contribution in [0.3, 0.4) is 0 Å². The lowest BCUT2D eigenvalue weighted by Crippen LogP contribution is -2.33. The summed E-state index contributed by atoms with van der Waals surface area (Å²) in [6.45, 7) is 5.78. The van der Waals surface area contributed by atoms with Gasteiger partial charge in [-0.3, -0.25) is 9.59 Å². The molecule has 2 aromatic carbocycles. The van der Waals surface area contributed by atoms with Gasteiger partial charge in [0.15, 0.2) is 17.6 Å². The van der Waals surface area contributed by atoms with Crippen molar-refractivity contribution >= 4 is 40.3 Å². The third-order valence-corrected chi connectivity index (χ3v) is 8.26. The fourth-order valence-corrected chi connectivity index (χ4v) is 6.21. The molecule has 1 heterocycles. The molecule has 0 unspecified atom stereocenters. The summed E-state index contributed by atoms with van der Waals surface area (Å²) in [4.78, 5) is 39.6. The van der Waals surface area contributed by atoms with Crippen LogP contribution < -0.4 is 29.7 Å². The summed E-state index contributed by atoms with van der Waals surface area (Å²) >= 11 is 1.44. The van der Waals surface area contributed by atoms with Crippen LogP contribution >= 0.6 is 11.3 Å². The van der Waals surface area contributed by atoms with Crippen LogP contribution in [0.5, 0.6) is 23.0 Å². The van der Waals surface area contributed by atoms with Gasteiger partial charge in [0, 0.05) is 16.0 Å². The Labute approximate surface area is 260 Å². The van der Waals surface area contributed by atoms with Crippen molar-refractivity contribution in [3.8, 4) is 23.0 Å². The number of anilines is 1.